The van der Waals surface area contributed by atoms with Gasteiger partial charge in [0, 0.05) is 36.8 Å². The fraction of sp³-hybridized carbons (Fsp3) is 0.464. The van der Waals surface area contributed by atoms with Crippen LogP contribution in [0.5, 0.6) is 11.5 Å². The van der Waals surface area contributed by atoms with Crippen LogP contribution >= 0.6 is 0 Å². The van der Waals surface area contributed by atoms with Crippen molar-refractivity contribution in [3.63, 3.8) is 0 Å². The van der Waals surface area contributed by atoms with Crippen LogP contribution in [-0.4, -0.2) is 71.8 Å². The SMILES string of the molecule is C=CCN1CC[C@]23c4c5ccc(OC)c4O[C@H]2[C@H](N(C)C(=O)/C=C/c2ccoc2)CC[C@@]3(O)[C@H]1C5. The standard InChI is InChI=1S/C28H32N2O5/c1-4-13-30-14-12-27-24-19-6-7-21(33-3)25(24)35-26(27)20(9-11-28(27,32)22(30)16-19)29(2)23(31)8-5-18-10-15-34-17-18/h4-8,10,15,17,20,22,26,32H,1,9,11-14,16H2,2-3H3/b8-5+/t20-,22-,26+,27+,28-/m1/s1. The van der Waals surface area contributed by atoms with Crippen molar-refractivity contribution in [1.29, 1.82) is 0 Å². The van der Waals surface area contributed by atoms with Gasteiger partial charge in [-0.15, -0.1) is 6.58 Å². The summed E-state index contributed by atoms with van der Waals surface area (Å²) < 4.78 is 17.5. The Kier molecular flexibility index (Phi) is 5.13. The van der Waals surface area contributed by atoms with Crippen molar-refractivity contribution in [2.45, 2.75) is 54.9 Å². The second-order valence-electron chi connectivity index (χ2n) is 10.3. The van der Waals surface area contributed by atoms with Gasteiger partial charge in [-0.05, 0) is 56.0 Å². The number of hydrogen-bond donors (Lipinski definition) is 1. The van der Waals surface area contributed by atoms with E-state index in [0.29, 0.717) is 18.6 Å². The number of methoxy groups -OCH3 is 1. The minimum atomic E-state index is -0.948. The molecule has 0 unspecified atom stereocenters. The summed E-state index contributed by atoms with van der Waals surface area (Å²) in [5.41, 5.74) is 1.61. The highest BCUT2D eigenvalue weighted by atomic mass is 16.5. The van der Waals surface area contributed by atoms with Crippen molar-refractivity contribution in [1.82, 2.24) is 9.80 Å². The molecule has 5 atom stereocenters. The van der Waals surface area contributed by atoms with Crippen LogP contribution in [0.3, 0.4) is 0 Å². The molecule has 35 heavy (non-hydrogen) atoms. The maximum absolute atomic E-state index is 13.2. The molecule has 2 aliphatic carbocycles. The summed E-state index contributed by atoms with van der Waals surface area (Å²) >= 11 is 0. The lowest BCUT2D eigenvalue weighted by molar-refractivity contribution is -0.198. The molecule has 1 saturated carbocycles. The van der Waals surface area contributed by atoms with Crippen LogP contribution in [0.15, 0.2) is 53.9 Å². The van der Waals surface area contributed by atoms with Gasteiger partial charge in [0.15, 0.2) is 11.5 Å². The van der Waals surface area contributed by atoms with Gasteiger partial charge >= 0.3 is 0 Å². The second kappa shape index (κ2) is 8.00. The van der Waals surface area contributed by atoms with E-state index >= 15 is 0 Å². The fourth-order valence-corrected chi connectivity index (χ4v) is 7.35. The summed E-state index contributed by atoms with van der Waals surface area (Å²) in [5.74, 6) is 1.33. The predicted molar refractivity (Wildman–Crippen MR) is 131 cm³/mol. The first-order valence-corrected chi connectivity index (χ1v) is 12.4. The molecule has 1 amide bonds. The Bertz CT molecular complexity index is 1190. The normalized spacial score (nSPS) is 32.7. The molecule has 1 N–H and O–H groups in total. The lowest BCUT2D eigenvalue weighted by Crippen LogP contribution is -2.78. The van der Waals surface area contributed by atoms with Crippen molar-refractivity contribution in [3.05, 3.63) is 66.1 Å². The van der Waals surface area contributed by atoms with E-state index in [2.05, 4.69) is 17.5 Å². The molecular formula is C28H32N2O5. The molecule has 2 aromatic rings. The predicted octanol–water partition coefficient (Wildman–Crippen LogP) is 3.17. The van der Waals surface area contributed by atoms with Gasteiger partial charge in [0.2, 0.25) is 5.91 Å². The number of carbonyl (C=O) groups excluding carboxylic acids is 1. The van der Waals surface area contributed by atoms with E-state index in [0.717, 1.165) is 42.8 Å². The quantitative estimate of drug-likeness (QED) is 0.510. The molecule has 2 fully saturated rings. The van der Waals surface area contributed by atoms with E-state index in [1.54, 1.807) is 36.7 Å². The summed E-state index contributed by atoms with van der Waals surface area (Å²) in [6.07, 6.45) is 10.9. The van der Waals surface area contributed by atoms with Crippen molar-refractivity contribution < 1.29 is 23.8 Å². The molecule has 1 aromatic heterocycles. The number of likely N-dealkylation sites (tertiary alicyclic amines) is 1. The summed E-state index contributed by atoms with van der Waals surface area (Å²) in [4.78, 5) is 17.4. The van der Waals surface area contributed by atoms with Gasteiger partial charge < -0.3 is 23.9 Å². The zero-order valence-electron chi connectivity index (χ0n) is 20.3. The van der Waals surface area contributed by atoms with Gasteiger partial charge in [0.05, 0.1) is 36.7 Å². The highest BCUT2D eigenvalue weighted by Gasteiger charge is 2.73. The summed E-state index contributed by atoms with van der Waals surface area (Å²) in [7, 11) is 3.49. The average molecular weight is 477 g/mol. The van der Waals surface area contributed by atoms with E-state index in [-0.39, 0.29) is 24.1 Å². The van der Waals surface area contributed by atoms with E-state index in [9.17, 15) is 9.90 Å². The van der Waals surface area contributed by atoms with E-state index in [1.165, 1.54) is 5.56 Å². The monoisotopic (exact) mass is 476 g/mol. The number of nitrogens with zero attached hydrogens (tertiary/aromatic N) is 2. The van der Waals surface area contributed by atoms with Crippen LogP contribution in [0.25, 0.3) is 6.08 Å². The van der Waals surface area contributed by atoms with Crippen molar-refractivity contribution >= 4 is 12.0 Å². The van der Waals surface area contributed by atoms with Crippen LogP contribution in [0.4, 0.5) is 0 Å². The summed E-state index contributed by atoms with van der Waals surface area (Å²) in [6.45, 7) is 5.54. The maximum atomic E-state index is 13.2. The summed E-state index contributed by atoms with van der Waals surface area (Å²) in [6, 6.07) is 5.72. The molecule has 7 nitrogen and oxygen atoms in total. The van der Waals surface area contributed by atoms with Gasteiger partial charge in [-0.1, -0.05) is 12.1 Å². The summed E-state index contributed by atoms with van der Waals surface area (Å²) in [5, 5.41) is 12.5. The number of rotatable bonds is 6. The Hall–Kier alpha value is -3.03. The molecule has 1 saturated heterocycles. The lowest BCUT2D eigenvalue weighted by atomic mass is 9.48. The molecule has 0 radical (unpaired) electrons. The number of benzene rings is 1. The zero-order chi connectivity index (χ0) is 24.4. The lowest BCUT2D eigenvalue weighted by Gasteiger charge is -2.64. The maximum Gasteiger partial charge on any atom is 0.246 e. The number of furan rings is 1. The molecule has 184 valence electrons. The van der Waals surface area contributed by atoms with Crippen LogP contribution in [0.1, 0.15) is 36.0 Å². The number of aliphatic hydroxyl groups is 1. The first-order chi connectivity index (χ1) is 16.9. The van der Waals surface area contributed by atoms with Crippen molar-refractivity contribution in [2.24, 2.45) is 0 Å². The van der Waals surface area contributed by atoms with Gasteiger partial charge in [-0.25, -0.2) is 0 Å². The highest BCUT2D eigenvalue weighted by Crippen LogP contribution is 2.65. The molecule has 4 aliphatic rings. The molecule has 1 aromatic carbocycles. The third-order valence-corrected chi connectivity index (χ3v) is 8.92. The Morgan fingerprint density at radius 1 is 1.37 bits per heavy atom. The Morgan fingerprint density at radius 2 is 2.23 bits per heavy atom. The molecule has 7 heteroatoms. The van der Waals surface area contributed by atoms with Crippen molar-refractivity contribution in [3.8, 4) is 11.5 Å². The minimum absolute atomic E-state index is 0.0184. The third-order valence-electron chi connectivity index (χ3n) is 8.92. The number of piperidine rings is 1. The Labute approximate surface area is 205 Å². The van der Waals surface area contributed by atoms with Gasteiger partial charge in [-0.3, -0.25) is 9.69 Å². The zero-order valence-corrected chi connectivity index (χ0v) is 20.3. The second-order valence-corrected chi connectivity index (χ2v) is 10.3. The number of hydrogen-bond acceptors (Lipinski definition) is 6. The highest BCUT2D eigenvalue weighted by molar-refractivity contribution is 5.92. The topological polar surface area (TPSA) is 75.4 Å². The minimum Gasteiger partial charge on any atom is -0.493 e. The number of carbonyl (C=O) groups is 1. The molecule has 2 aliphatic heterocycles. The molecular weight excluding hydrogens is 444 g/mol. The molecule has 2 bridgehead atoms. The fourth-order valence-electron chi connectivity index (χ4n) is 7.35. The molecule has 6 rings (SSSR count). The third kappa shape index (κ3) is 2.94. The number of likely N-dealkylation sites (N-methyl/N-ethyl adjacent to an activating group) is 1. The van der Waals surface area contributed by atoms with Gasteiger partial charge in [-0.2, -0.15) is 0 Å². The van der Waals surface area contributed by atoms with E-state index < -0.39 is 11.0 Å². The number of ether oxygens (including phenoxy) is 2. The van der Waals surface area contributed by atoms with Crippen LogP contribution < -0.4 is 9.47 Å². The Balaban J connectivity index is 1.42. The van der Waals surface area contributed by atoms with Crippen LogP contribution in [0.2, 0.25) is 0 Å². The molecule has 1 spiro atoms. The average Bonchev–Trinajstić information content (AvgIpc) is 3.49. The van der Waals surface area contributed by atoms with Crippen LogP contribution in [-0.2, 0) is 16.6 Å². The first kappa shape index (κ1) is 22.4. The Morgan fingerprint density at radius 3 is 2.97 bits per heavy atom. The first-order valence-electron chi connectivity index (χ1n) is 12.4. The smallest absolute Gasteiger partial charge is 0.246 e. The van der Waals surface area contributed by atoms with Crippen LogP contribution in [0, 0.1) is 0 Å². The van der Waals surface area contributed by atoms with Gasteiger partial charge in [0.1, 0.15) is 6.10 Å². The molecule has 3 heterocycles. The van der Waals surface area contributed by atoms with Gasteiger partial charge in [0.25, 0.3) is 0 Å². The van der Waals surface area contributed by atoms with Crippen molar-refractivity contribution in [2.75, 3.05) is 27.2 Å². The van der Waals surface area contributed by atoms with E-state index in [4.69, 9.17) is 13.9 Å². The number of amides is 1. The van der Waals surface area contributed by atoms with E-state index in [1.807, 2.05) is 25.3 Å². The largest absolute Gasteiger partial charge is 0.493 e.